The molecule has 6 heteroatoms. The predicted molar refractivity (Wildman–Crippen MR) is 98.4 cm³/mol. The summed E-state index contributed by atoms with van der Waals surface area (Å²) in [7, 11) is 1.31. The quantitative estimate of drug-likeness (QED) is 0.584. The van der Waals surface area contributed by atoms with Gasteiger partial charge in [0.05, 0.1) is 25.7 Å². The van der Waals surface area contributed by atoms with E-state index in [1.807, 2.05) is 13.8 Å². The highest BCUT2D eigenvalue weighted by Gasteiger charge is 2.18. The average Bonchev–Trinajstić information content (AvgIpc) is 2.67. The zero-order valence-electron chi connectivity index (χ0n) is 15.8. The fraction of sp³-hybridized carbons (Fsp3) is 0.381. The van der Waals surface area contributed by atoms with Gasteiger partial charge in [0.15, 0.2) is 0 Å². The van der Waals surface area contributed by atoms with Gasteiger partial charge in [0.1, 0.15) is 18.1 Å². The fourth-order valence-electron chi connectivity index (χ4n) is 2.73. The van der Waals surface area contributed by atoms with Gasteiger partial charge in [-0.05, 0) is 42.7 Å². The minimum atomic E-state index is -2.64. The number of alkyl halides is 2. The molecule has 0 fully saturated rings. The highest BCUT2D eigenvalue weighted by atomic mass is 19.3. The number of aryl methyl sites for hydroxylation is 1. The van der Waals surface area contributed by atoms with Crippen molar-refractivity contribution in [2.75, 3.05) is 13.7 Å². The van der Waals surface area contributed by atoms with Crippen molar-refractivity contribution in [2.24, 2.45) is 0 Å². The van der Waals surface area contributed by atoms with Crippen molar-refractivity contribution in [3.63, 3.8) is 0 Å². The third kappa shape index (κ3) is 5.42. The minimum absolute atomic E-state index is 0.00763. The maximum Gasteiger partial charge on any atom is 0.309 e. The molecule has 0 aliphatic carbocycles. The normalized spacial score (nSPS) is 10.7. The van der Waals surface area contributed by atoms with E-state index in [0.717, 1.165) is 5.56 Å². The summed E-state index contributed by atoms with van der Waals surface area (Å²) in [6.45, 7) is 4.19. The Bertz CT molecular complexity index is 775. The lowest BCUT2D eigenvalue weighted by atomic mass is 10.0. The van der Waals surface area contributed by atoms with Crippen LogP contribution in [0.1, 0.15) is 42.5 Å². The zero-order chi connectivity index (χ0) is 19.8. The number of carbonyl (C=O) groups is 1. The van der Waals surface area contributed by atoms with E-state index in [-0.39, 0.29) is 24.3 Å². The summed E-state index contributed by atoms with van der Waals surface area (Å²) in [5.74, 6) is 0.283. The van der Waals surface area contributed by atoms with E-state index in [9.17, 15) is 13.6 Å². The standard InChI is InChI=1S/C21H24F2O4/c1-4-14-9-10-19(16(11-14)21(22)23)27-13-17-15(12-20(24)25-3)7-6-8-18(17)26-5-2/h6-11,21H,4-5,12-13H2,1-3H3. The predicted octanol–water partition coefficient (Wildman–Crippen LogP) is 4.88. The molecular weight excluding hydrogens is 354 g/mol. The Balaban J connectivity index is 2.32. The summed E-state index contributed by atoms with van der Waals surface area (Å²) in [4.78, 5) is 11.7. The van der Waals surface area contributed by atoms with Crippen molar-refractivity contribution in [2.45, 2.75) is 39.7 Å². The van der Waals surface area contributed by atoms with Crippen molar-refractivity contribution < 1.29 is 27.8 Å². The topological polar surface area (TPSA) is 44.8 Å². The first-order valence-electron chi connectivity index (χ1n) is 8.84. The molecule has 0 N–H and O–H groups in total. The Morgan fingerprint density at radius 2 is 1.85 bits per heavy atom. The highest BCUT2D eigenvalue weighted by molar-refractivity contribution is 5.73. The van der Waals surface area contributed by atoms with Crippen LogP contribution >= 0.6 is 0 Å². The molecule has 0 aromatic heterocycles. The van der Waals surface area contributed by atoms with Crippen molar-refractivity contribution in [1.29, 1.82) is 0 Å². The van der Waals surface area contributed by atoms with Crippen LogP contribution < -0.4 is 9.47 Å². The van der Waals surface area contributed by atoms with Gasteiger partial charge < -0.3 is 14.2 Å². The molecule has 0 amide bonds. The van der Waals surface area contributed by atoms with Crippen molar-refractivity contribution in [1.82, 2.24) is 0 Å². The third-order valence-electron chi connectivity index (χ3n) is 4.18. The fourth-order valence-corrected chi connectivity index (χ4v) is 2.73. The Kier molecular flexibility index (Phi) is 7.58. The Hall–Kier alpha value is -2.63. The van der Waals surface area contributed by atoms with E-state index in [2.05, 4.69) is 0 Å². The van der Waals surface area contributed by atoms with Crippen molar-refractivity contribution in [3.05, 3.63) is 58.7 Å². The molecule has 0 spiro atoms. The van der Waals surface area contributed by atoms with Crippen LogP contribution in [-0.4, -0.2) is 19.7 Å². The van der Waals surface area contributed by atoms with Crippen LogP contribution in [0.2, 0.25) is 0 Å². The number of hydrogen-bond acceptors (Lipinski definition) is 4. The van der Waals surface area contributed by atoms with Gasteiger partial charge >= 0.3 is 5.97 Å². The van der Waals surface area contributed by atoms with E-state index in [1.54, 1.807) is 30.3 Å². The molecule has 2 aromatic rings. The maximum absolute atomic E-state index is 13.4. The summed E-state index contributed by atoms with van der Waals surface area (Å²) in [5.41, 5.74) is 2.00. The van der Waals surface area contributed by atoms with Crippen LogP contribution in [0.15, 0.2) is 36.4 Å². The van der Waals surface area contributed by atoms with Gasteiger partial charge in [-0.2, -0.15) is 0 Å². The molecule has 4 nitrogen and oxygen atoms in total. The molecule has 27 heavy (non-hydrogen) atoms. The summed E-state index contributed by atoms with van der Waals surface area (Å²) in [6.07, 6.45) is -1.92. The first-order chi connectivity index (χ1) is 13.0. The summed E-state index contributed by atoms with van der Waals surface area (Å²) in [5, 5.41) is 0. The zero-order valence-corrected chi connectivity index (χ0v) is 15.8. The number of ether oxygens (including phenoxy) is 3. The van der Waals surface area contributed by atoms with Crippen LogP contribution in [0.4, 0.5) is 8.78 Å². The van der Waals surface area contributed by atoms with E-state index in [0.29, 0.717) is 29.9 Å². The third-order valence-corrected chi connectivity index (χ3v) is 4.18. The number of hydrogen-bond donors (Lipinski definition) is 0. The van der Waals surface area contributed by atoms with Crippen LogP contribution in [0.5, 0.6) is 11.5 Å². The van der Waals surface area contributed by atoms with Gasteiger partial charge in [0, 0.05) is 5.56 Å². The molecule has 0 atom stereocenters. The SMILES string of the molecule is CCOc1cccc(CC(=O)OC)c1COc1ccc(CC)cc1C(F)F. The lowest BCUT2D eigenvalue weighted by molar-refractivity contribution is -0.139. The first-order valence-corrected chi connectivity index (χ1v) is 8.84. The second kappa shape index (κ2) is 9.90. The Morgan fingerprint density at radius 1 is 1.07 bits per heavy atom. The van der Waals surface area contributed by atoms with E-state index < -0.39 is 12.4 Å². The smallest absolute Gasteiger partial charge is 0.309 e. The number of methoxy groups -OCH3 is 1. The van der Waals surface area contributed by atoms with Gasteiger partial charge in [-0.25, -0.2) is 8.78 Å². The van der Waals surface area contributed by atoms with E-state index in [4.69, 9.17) is 14.2 Å². The molecule has 0 radical (unpaired) electrons. The molecule has 0 heterocycles. The molecule has 2 rings (SSSR count). The van der Waals surface area contributed by atoms with Gasteiger partial charge in [-0.1, -0.05) is 25.1 Å². The van der Waals surface area contributed by atoms with Gasteiger partial charge in [0.25, 0.3) is 6.43 Å². The largest absolute Gasteiger partial charge is 0.493 e. The monoisotopic (exact) mass is 378 g/mol. The van der Waals surface area contributed by atoms with Crippen LogP contribution in [0.25, 0.3) is 0 Å². The second-order valence-corrected chi connectivity index (χ2v) is 5.89. The first kappa shape index (κ1) is 20.7. The van der Waals surface area contributed by atoms with Crippen LogP contribution in [0, 0.1) is 0 Å². The van der Waals surface area contributed by atoms with Crippen LogP contribution in [0.3, 0.4) is 0 Å². The van der Waals surface area contributed by atoms with Gasteiger partial charge in [0.2, 0.25) is 0 Å². The molecule has 0 saturated heterocycles. The molecule has 0 bridgehead atoms. The van der Waals surface area contributed by atoms with E-state index in [1.165, 1.54) is 13.2 Å². The van der Waals surface area contributed by atoms with Crippen molar-refractivity contribution >= 4 is 5.97 Å². The number of benzene rings is 2. The molecule has 2 aromatic carbocycles. The van der Waals surface area contributed by atoms with Crippen molar-refractivity contribution in [3.8, 4) is 11.5 Å². The van der Waals surface area contributed by atoms with E-state index >= 15 is 0 Å². The summed E-state index contributed by atoms with van der Waals surface area (Å²) < 4.78 is 42.9. The number of halogens is 2. The van der Waals surface area contributed by atoms with Gasteiger partial charge in [-0.3, -0.25) is 4.79 Å². The lowest BCUT2D eigenvalue weighted by Gasteiger charge is -2.17. The maximum atomic E-state index is 13.4. The Morgan fingerprint density at radius 3 is 2.48 bits per heavy atom. The molecular formula is C21H24F2O4. The molecule has 0 saturated carbocycles. The molecule has 0 unspecified atom stereocenters. The number of rotatable bonds is 9. The summed E-state index contributed by atoms with van der Waals surface area (Å²) >= 11 is 0. The molecule has 0 aliphatic heterocycles. The number of esters is 1. The minimum Gasteiger partial charge on any atom is -0.493 e. The molecule has 0 aliphatic rings. The van der Waals surface area contributed by atoms with Gasteiger partial charge in [-0.15, -0.1) is 0 Å². The number of carbonyl (C=O) groups excluding carboxylic acids is 1. The highest BCUT2D eigenvalue weighted by Crippen LogP contribution is 2.32. The summed E-state index contributed by atoms with van der Waals surface area (Å²) in [6, 6.07) is 10.1. The second-order valence-electron chi connectivity index (χ2n) is 5.89. The van der Waals surface area contributed by atoms with Crippen LogP contribution in [-0.2, 0) is 29.0 Å². The average molecular weight is 378 g/mol. The Labute approximate surface area is 158 Å². The molecule has 146 valence electrons. The lowest BCUT2D eigenvalue weighted by Crippen LogP contribution is -2.10.